The van der Waals surface area contributed by atoms with Gasteiger partial charge in [0.25, 0.3) is 0 Å². The summed E-state index contributed by atoms with van der Waals surface area (Å²) in [6.45, 7) is 0. The first-order valence-electron chi connectivity index (χ1n) is 7.49. The molecule has 1 N–H and O–H groups in total. The Morgan fingerprint density at radius 3 is 2.52 bits per heavy atom. The minimum absolute atomic E-state index is 0.840. The quantitative estimate of drug-likeness (QED) is 0.610. The summed E-state index contributed by atoms with van der Waals surface area (Å²) in [4.78, 5) is 4.48. The highest BCUT2D eigenvalue weighted by atomic mass is 15.2. The maximum Gasteiger partial charge on any atom is 0.130 e. The Morgan fingerprint density at radius 1 is 0.870 bits per heavy atom. The fraction of sp³-hybridized carbons (Fsp3) is 0.0526. The maximum absolute atomic E-state index is 4.48. The van der Waals surface area contributed by atoms with Crippen molar-refractivity contribution in [2.75, 3.05) is 5.32 Å². The van der Waals surface area contributed by atoms with Crippen LogP contribution in [0.2, 0.25) is 0 Å². The first kappa shape index (κ1) is 13.5. The van der Waals surface area contributed by atoms with Crippen LogP contribution in [0.4, 0.5) is 11.5 Å². The van der Waals surface area contributed by atoms with Crippen molar-refractivity contribution in [1.29, 1.82) is 0 Å². The first-order chi connectivity index (χ1) is 11.3. The van der Waals surface area contributed by atoms with Gasteiger partial charge in [-0.25, -0.2) is 4.98 Å². The fourth-order valence-corrected chi connectivity index (χ4v) is 2.63. The number of aryl methyl sites for hydroxylation is 1. The average Bonchev–Trinajstić information content (AvgIpc) is 3.02. The zero-order valence-electron chi connectivity index (χ0n) is 12.8. The van der Waals surface area contributed by atoms with Crippen molar-refractivity contribution in [3.8, 4) is 11.1 Å². The summed E-state index contributed by atoms with van der Waals surface area (Å²) in [5.41, 5.74) is 3.30. The van der Waals surface area contributed by atoms with Gasteiger partial charge < -0.3 is 5.32 Å². The zero-order chi connectivity index (χ0) is 15.6. The van der Waals surface area contributed by atoms with E-state index in [9.17, 15) is 0 Å². The fourth-order valence-electron chi connectivity index (χ4n) is 2.63. The van der Waals surface area contributed by atoms with Crippen LogP contribution in [-0.2, 0) is 7.05 Å². The minimum atomic E-state index is 0.840. The smallest absolute Gasteiger partial charge is 0.130 e. The van der Waals surface area contributed by atoms with E-state index in [0.717, 1.165) is 33.4 Å². The summed E-state index contributed by atoms with van der Waals surface area (Å²) in [5.74, 6) is 0.840. The Hall–Kier alpha value is -3.14. The average molecular weight is 300 g/mol. The van der Waals surface area contributed by atoms with Crippen LogP contribution in [0.3, 0.4) is 0 Å². The van der Waals surface area contributed by atoms with Crippen molar-refractivity contribution in [3.05, 3.63) is 73.2 Å². The van der Waals surface area contributed by atoms with Gasteiger partial charge in [0.15, 0.2) is 0 Å². The third kappa shape index (κ3) is 2.79. The lowest BCUT2D eigenvalue weighted by Crippen LogP contribution is -1.92. The highest BCUT2D eigenvalue weighted by Crippen LogP contribution is 2.26. The molecule has 0 saturated heterocycles. The second-order valence-electron chi connectivity index (χ2n) is 5.53. The molecule has 2 heterocycles. The summed E-state index contributed by atoms with van der Waals surface area (Å²) < 4.78 is 1.81. The SMILES string of the molecule is Cn1cc(-c2ccc3cnc(Nc4ccccc4)cc3c2)cn1. The molecular weight excluding hydrogens is 284 g/mol. The van der Waals surface area contributed by atoms with E-state index in [2.05, 4.69) is 39.7 Å². The Bertz CT molecular complexity index is 957. The van der Waals surface area contributed by atoms with Crippen LogP contribution in [0, 0.1) is 0 Å². The number of nitrogens with zero attached hydrogens (tertiary/aromatic N) is 3. The van der Waals surface area contributed by atoms with Crippen molar-refractivity contribution in [2.24, 2.45) is 7.05 Å². The zero-order valence-corrected chi connectivity index (χ0v) is 12.8. The summed E-state index contributed by atoms with van der Waals surface area (Å²) in [6, 6.07) is 18.5. The number of nitrogens with one attached hydrogen (secondary N) is 1. The Morgan fingerprint density at radius 2 is 1.74 bits per heavy atom. The van der Waals surface area contributed by atoms with E-state index in [-0.39, 0.29) is 0 Å². The van der Waals surface area contributed by atoms with Crippen LogP contribution >= 0.6 is 0 Å². The number of hydrogen-bond donors (Lipinski definition) is 1. The topological polar surface area (TPSA) is 42.7 Å². The number of fused-ring (bicyclic) bond motifs is 1. The molecule has 4 rings (SSSR count). The summed E-state index contributed by atoms with van der Waals surface area (Å²) in [6.07, 6.45) is 5.80. The van der Waals surface area contributed by atoms with E-state index in [1.807, 2.05) is 60.7 Å². The molecule has 0 radical (unpaired) electrons. The molecule has 0 saturated carbocycles. The second-order valence-corrected chi connectivity index (χ2v) is 5.53. The predicted molar refractivity (Wildman–Crippen MR) is 93.7 cm³/mol. The van der Waals surface area contributed by atoms with E-state index in [4.69, 9.17) is 0 Å². The number of benzene rings is 2. The van der Waals surface area contributed by atoms with E-state index >= 15 is 0 Å². The number of aromatic nitrogens is 3. The number of rotatable bonds is 3. The predicted octanol–water partition coefficient (Wildman–Crippen LogP) is 4.38. The number of para-hydroxylation sites is 1. The highest BCUT2D eigenvalue weighted by molar-refractivity contribution is 5.88. The summed E-state index contributed by atoms with van der Waals surface area (Å²) >= 11 is 0. The van der Waals surface area contributed by atoms with E-state index in [1.54, 1.807) is 0 Å². The van der Waals surface area contributed by atoms with Crippen molar-refractivity contribution in [2.45, 2.75) is 0 Å². The van der Waals surface area contributed by atoms with E-state index in [0.29, 0.717) is 0 Å². The van der Waals surface area contributed by atoms with Gasteiger partial charge in [-0.3, -0.25) is 4.68 Å². The molecule has 0 bridgehead atoms. The van der Waals surface area contributed by atoms with Crippen molar-refractivity contribution < 1.29 is 0 Å². The van der Waals surface area contributed by atoms with Gasteiger partial charge >= 0.3 is 0 Å². The van der Waals surface area contributed by atoms with Gasteiger partial charge in [-0.05, 0) is 35.2 Å². The molecule has 112 valence electrons. The molecule has 0 aliphatic carbocycles. The van der Waals surface area contributed by atoms with Gasteiger partial charge in [-0.15, -0.1) is 0 Å². The number of pyridine rings is 1. The number of anilines is 2. The molecule has 0 atom stereocenters. The molecule has 2 aromatic heterocycles. The monoisotopic (exact) mass is 300 g/mol. The lowest BCUT2D eigenvalue weighted by Gasteiger charge is -2.07. The Kier molecular flexibility index (Phi) is 3.27. The Balaban J connectivity index is 1.72. The molecule has 0 aliphatic heterocycles. The van der Waals surface area contributed by atoms with Crippen molar-refractivity contribution >= 4 is 22.3 Å². The minimum Gasteiger partial charge on any atom is -0.340 e. The second kappa shape index (κ2) is 5.57. The highest BCUT2D eigenvalue weighted by Gasteiger charge is 2.04. The molecule has 0 fully saturated rings. The molecule has 0 amide bonds. The van der Waals surface area contributed by atoms with Crippen LogP contribution in [0.5, 0.6) is 0 Å². The van der Waals surface area contributed by atoms with Gasteiger partial charge in [0, 0.05) is 36.1 Å². The van der Waals surface area contributed by atoms with Crippen LogP contribution in [-0.4, -0.2) is 14.8 Å². The molecule has 4 aromatic rings. The normalized spacial score (nSPS) is 10.8. The molecule has 23 heavy (non-hydrogen) atoms. The van der Waals surface area contributed by atoms with E-state index in [1.165, 1.54) is 0 Å². The standard InChI is InChI=1S/C19H16N4/c1-23-13-17(12-21-23)14-7-8-15-11-20-19(10-16(15)9-14)22-18-5-3-2-4-6-18/h2-13H,1H3,(H,20,22). The Labute approximate surface area is 134 Å². The van der Waals surface area contributed by atoms with Gasteiger partial charge in [0.1, 0.15) is 5.82 Å². The lowest BCUT2D eigenvalue weighted by atomic mass is 10.1. The van der Waals surface area contributed by atoms with Crippen LogP contribution in [0.25, 0.3) is 21.9 Å². The van der Waals surface area contributed by atoms with Gasteiger partial charge in [-0.1, -0.05) is 30.3 Å². The maximum atomic E-state index is 4.48. The summed E-state index contributed by atoms with van der Waals surface area (Å²) in [5, 5.41) is 9.84. The third-order valence-corrected chi connectivity index (χ3v) is 3.81. The van der Waals surface area contributed by atoms with E-state index < -0.39 is 0 Å². The summed E-state index contributed by atoms with van der Waals surface area (Å²) in [7, 11) is 1.93. The lowest BCUT2D eigenvalue weighted by molar-refractivity contribution is 0.768. The van der Waals surface area contributed by atoms with Crippen molar-refractivity contribution in [1.82, 2.24) is 14.8 Å². The van der Waals surface area contributed by atoms with Crippen LogP contribution in [0.15, 0.2) is 73.2 Å². The molecule has 0 spiro atoms. The third-order valence-electron chi connectivity index (χ3n) is 3.81. The largest absolute Gasteiger partial charge is 0.340 e. The molecular formula is C19H16N4. The molecule has 0 aliphatic rings. The first-order valence-corrected chi connectivity index (χ1v) is 7.49. The molecule has 4 nitrogen and oxygen atoms in total. The van der Waals surface area contributed by atoms with Crippen LogP contribution < -0.4 is 5.32 Å². The van der Waals surface area contributed by atoms with Gasteiger partial charge in [0.05, 0.1) is 6.20 Å². The van der Waals surface area contributed by atoms with Crippen molar-refractivity contribution in [3.63, 3.8) is 0 Å². The molecule has 2 aromatic carbocycles. The molecule has 4 heteroatoms. The van der Waals surface area contributed by atoms with Crippen LogP contribution in [0.1, 0.15) is 0 Å². The number of hydrogen-bond acceptors (Lipinski definition) is 3. The molecule has 0 unspecified atom stereocenters. The van der Waals surface area contributed by atoms with Gasteiger partial charge in [-0.2, -0.15) is 5.10 Å². The van der Waals surface area contributed by atoms with Gasteiger partial charge in [0.2, 0.25) is 0 Å².